The van der Waals surface area contributed by atoms with E-state index in [9.17, 15) is 9.59 Å². The summed E-state index contributed by atoms with van der Waals surface area (Å²) in [4.78, 5) is 36.9. The van der Waals surface area contributed by atoms with E-state index in [0.717, 1.165) is 106 Å². The van der Waals surface area contributed by atoms with Gasteiger partial charge in [0.15, 0.2) is 23.3 Å². The van der Waals surface area contributed by atoms with Crippen LogP contribution in [0.1, 0.15) is 113 Å². The molecule has 412 valence electrons. The van der Waals surface area contributed by atoms with E-state index < -0.39 is 11.9 Å². The number of benzene rings is 4. The fraction of sp³-hybridized carbons (Fsp3) is 0.464. The van der Waals surface area contributed by atoms with Gasteiger partial charge in [-0.2, -0.15) is 0 Å². The van der Waals surface area contributed by atoms with Crippen molar-refractivity contribution in [1.29, 1.82) is 0 Å². The first kappa shape index (κ1) is 59.3. The SMILES string of the molecule is CCC(=O)O/N=C(\N)c1ccc(OCCCC2CCN(CCCOc3ccc(/C(N)=N/OC(=O)CC)cc3)CC2)cc1.N/C(=N\O)c1ccc(OCCCC2CCN(CCCOc3ccc(/C(N)=N\O)cc3)CC2)cc1. The number of nitrogens with zero attached hydrogens (tertiary/aromatic N) is 6. The van der Waals surface area contributed by atoms with Crippen molar-refractivity contribution in [3.63, 3.8) is 0 Å². The smallest absolute Gasteiger partial charge is 0.334 e. The number of carbonyl (C=O) groups is 2. The topological polar surface area (TPSA) is 290 Å². The molecule has 0 unspecified atom stereocenters. The average Bonchev–Trinajstić information content (AvgIpc) is 3.47. The number of piperidine rings is 2. The molecule has 2 aliphatic heterocycles. The van der Waals surface area contributed by atoms with Gasteiger partial charge in [0, 0.05) is 48.2 Å². The van der Waals surface area contributed by atoms with E-state index in [2.05, 4.69) is 30.4 Å². The van der Waals surface area contributed by atoms with Crippen molar-refractivity contribution in [2.75, 3.05) is 65.7 Å². The van der Waals surface area contributed by atoms with Crippen molar-refractivity contribution in [2.45, 2.75) is 90.9 Å². The lowest BCUT2D eigenvalue weighted by Crippen LogP contribution is -2.35. The Kier molecular flexibility index (Phi) is 26.0. The van der Waals surface area contributed by atoms with E-state index in [-0.39, 0.29) is 36.2 Å². The molecule has 0 atom stereocenters. The Morgan fingerprint density at radius 1 is 0.461 bits per heavy atom. The summed E-state index contributed by atoms with van der Waals surface area (Å²) in [5.41, 5.74) is 25.5. The zero-order valence-corrected chi connectivity index (χ0v) is 44.1. The minimum atomic E-state index is -0.430. The zero-order valence-electron chi connectivity index (χ0n) is 44.1. The predicted molar refractivity (Wildman–Crippen MR) is 293 cm³/mol. The Balaban J connectivity index is 0.000000287. The van der Waals surface area contributed by atoms with E-state index in [1.165, 1.54) is 32.1 Å². The highest BCUT2D eigenvalue weighted by atomic mass is 16.7. The van der Waals surface area contributed by atoms with Crippen LogP contribution in [0.5, 0.6) is 23.0 Å². The van der Waals surface area contributed by atoms with Crippen LogP contribution in [0.25, 0.3) is 0 Å². The second-order valence-electron chi connectivity index (χ2n) is 18.6. The van der Waals surface area contributed by atoms with Crippen molar-refractivity contribution in [3.05, 3.63) is 119 Å². The molecular weight excluding hydrogens is 973 g/mol. The number of amidine groups is 4. The Morgan fingerprint density at radius 3 is 1.01 bits per heavy atom. The number of rotatable bonds is 28. The van der Waals surface area contributed by atoms with Gasteiger partial charge in [0.1, 0.15) is 23.0 Å². The number of likely N-dealkylation sites (tertiary alicyclic amines) is 2. The number of carbonyl (C=O) groups excluding carboxylic acids is 2. The minimum Gasteiger partial charge on any atom is -0.494 e. The van der Waals surface area contributed by atoms with Gasteiger partial charge in [0.2, 0.25) is 0 Å². The van der Waals surface area contributed by atoms with Crippen LogP contribution in [-0.4, -0.2) is 121 Å². The third-order valence-corrected chi connectivity index (χ3v) is 13.1. The summed E-state index contributed by atoms with van der Waals surface area (Å²) < 4.78 is 23.4. The molecule has 76 heavy (non-hydrogen) atoms. The van der Waals surface area contributed by atoms with Crippen molar-refractivity contribution >= 4 is 35.3 Å². The maximum Gasteiger partial charge on any atom is 0.334 e. The molecule has 20 heteroatoms. The molecule has 0 amide bonds. The van der Waals surface area contributed by atoms with Crippen LogP contribution in [0.4, 0.5) is 0 Å². The van der Waals surface area contributed by atoms with Gasteiger partial charge >= 0.3 is 11.9 Å². The molecule has 2 aliphatic rings. The van der Waals surface area contributed by atoms with Crippen LogP contribution in [0.15, 0.2) is 118 Å². The number of hydrogen-bond acceptors (Lipinski definition) is 16. The average molecular weight is 1050 g/mol. The highest BCUT2D eigenvalue weighted by Crippen LogP contribution is 2.25. The second-order valence-corrected chi connectivity index (χ2v) is 18.6. The van der Waals surface area contributed by atoms with Crippen molar-refractivity contribution < 1.29 is 48.6 Å². The Morgan fingerprint density at radius 2 is 0.737 bits per heavy atom. The monoisotopic (exact) mass is 1050 g/mol. The first-order chi connectivity index (χ1) is 37.0. The fourth-order valence-electron chi connectivity index (χ4n) is 8.52. The van der Waals surface area contributed by atoms with Gasteiger partial charge in [0.05, 0.1) is 26.4 Å². The first-order valence-electron chi connectivity index (χ1n) is 26.4. The van der Waals surface area contributed by atoms with Crippen LogP contribution in [0, 0.1) is 11.8 Å². The summed E-state index contributed by atoms with van der Waals surface area (Å²) in [6.07, 6.45) is 11.7. The van der Waals surface area contributed by atoms with Crippen molar-refractivity contribution in [2.24, 2.45) is 55.4 Å². The van der Waals surface area contributed by atoms with E-state index in [1.807, 2.05) is 48.5 Å². The molecular formula is C56H78N10O10. The van der Waals surface area contributed by atoms with E-state index in [1.54, 1.807) is 62.4 Å². The molecule has 2 heterocycles. The summed E-state index contributed by atoms with van der Waals surface area (Å²) in [5, 5.41) is 30.7. The molecule has 4 aromatic rings. The highest BCUT2D eigenvalue weighted by Gasteiger charge is 2.20. The maximum absolute atomic E-state index is 11.2. The number of oxime groups is 4. The van der Waals surface area contributed by atoms with Gasteiger partial charge < -0.3 is 71.8 Å². The Hall–Kier alpha value is -7.58. The molecule has 0 aromatic heterocycles. The van der Waals surface area contributed by atoms with Crippen LogP contribution >= 0.6 is 0 Å². The maximum atomic E-state index is 11.2. The van der Waals surface area contributed by atoms with E-state index in [4.69, 9.17) is 62.0 Å². The number of nitrogens with two attached hydrogens (primary N) is 4. The van der Waals surface area contributed by atoms with Gasteiger partial charge in [-0.05, 0) is 199 Å². The fourth-order valence-corrected chi connectivity index (χ4v) is 8.52. The second kappa shape index (κ2) is 33.4. The molecule has 10 N–H and O–H groups in total. The summed E-state index contributed by atoms with van der Waals surface area (Å²) in [6.45, 7) is 12.6. The number of hydrogen-bond donors (Lipinski definition) is 6. The largest absolute Gasteiger partial charge is 0.494 e. The van der Waals surface area contributed by atoms with Crippen molar-refractivity contribution in [3.8, 4) is 23.0 Å². The summed E-state index contributed by atoms with van der Waals surface area (Å²) >= 11 is 0. The lowest BCUT2D eigenvalue weighted by atomic mass is 9.92. The van der Waals surface area contributed by atoms with Gasteiger partial charge in [0.25, 0.3) is 0 Å². The van der Waals surface area contributed by atoms with E-state index >= 15 is 0 Å². The Labute approximate surface area is 446 Å². The molecule has 2 fully saturated rings. The van der Waals surface area contributed by atoms with Gasteiger partial charge in [-0.3, -0.25) is 0 Å². The van der Waals surface area contributed by atoms with Crippen LogP contribution in [0.3, 0.4) is 0 Å². The molecule has 0 spiro atoms. The Bertz CT molecular complexity index is 2270. The molecule has 20 nitrogen and oxygen atoms in total. The quantitative estimate of drug-likeness (QED) is 0.00807. The van der Waals surface area contributed by atoms with Crippen molar-refractivity contribution in [1.82, 2.24) is 9.80 Å². The summed E-state index contributed by atoms with van der Waals surface area (Å²) in [7, 11) is 0. The van der Waals surface area contributed by atoms with Crippen LogP contribution < -0.4 is 41.9 Å². The summed E-state index contributed by atoms with van der Waals surface area (Å²) in [5.74, 6) is 4.24. The van der Waals surface area contributed by atoms with Gasteiger partial charge in [-0.25, -0.2) is 9.59 Å². The molecule has 4 aromatic carbocycles. The van der Waals surface area contributed by atoms with Gasteiger partial charge in [-0.1, -0.05) is 34.5 Å². The van der Waals surface area contributed by atoms with Crippen LogP contribution in [0.2, 0.25) is 0 Å². The van der Waals surface area contributed by atoms with Crippen LogP contribution in [-0.2, 0) is 19.3 Å². The number of ether oxygens (including phenoxy) is 4. The lowest BCUT2D eigenvalue weighted by molar-refractivity contribution is -0.144. The highest BCUT2D eigenvalue weighted by molar-refractivity contribution is 5.98. The molecule has 6 rings (SSSR count). The molecule has 0 saturated carbocycles. The zero-order chi connectivity index (χ0) is 54.3. The molecule has 0 bridgehead atoms. The molecule has 2 saturated heterocycles. The molecule has 0 aliphatic carbocycles. The normalized spacial score (nSPS) is 15.3. The van der Waals surface area contributed by atoms with Gasteiger partial charge in [-0.15, -0.1) is 0 Å². The third-order valence-electron chi connectivity index (χ3n) is 13.1. The summed E-state index contributed by atoms with van der Waals surface area (Å²) in [6, 6.07) is 29.0. The van der Waals surface area contributed by atoms with E-state index in [0.29, 0.717) is 48.7 Å². The molecule has 0 radical (unpaired) electrons. The standard InChI is InChI=1S/C31H43N5O6.C25H35N5O4/c1-3-28(37)41-34-30(32)24-8-12-26(13-9-24)39-21-5-7-23-16-19-36(20-17-23)18-6-22-40-27-14-10-25(11-15-27)31(33)35-42-29(38)4-2;26-24(28-31)20-4-8-22(9-5-20)33-17-1-3-19-12-15-30(16-13-19)14-2-18-34-23-10-6-21(7-11-23)25(27)29-32/h8-15,23H,3-7,16-22H2,1-2H3,(H2,32,34)(H2,33,35);4-11,19,31-32H,1-3,12-18H2,(H2,26,28)(H2,27,29). The predicted octanol–water partition coefficient (Wildman–Crippen LogP) is 7.39. The third kappa shape index (κ3) is 21.7. The minimum absolute atomic E-state index is 0.0916. The first-order valence-corrected chi connectivity index (χ1v) is 26.4. The lowest BCUT2D eigenvalue weighted by Gasteiger charge is -2.32.